The van der Waals surface area contributed by atoms with Gasteiger partial charge in [0, 0.05) is 16.8 Å². The van der Waals surface area contributed by atoms with E-state index in [-0.39, 0.29) is 29.9 Å². The highest BCUT2D eigenvalue weighted by Gasteiger charge is 2.29. The van der Waals surface area contributed by atoms with Crippen LogP contribution in [0.4, 0.5) is 5.69 Å². The summed E-state index contributed by atoms with van der Waals surface area (Å²) in [6.07, 6.45) is 8.71. The van der Waals surface area contributed by atoms with Crippen LogP contribution in [0.2, 0.25) is 0 Å². The number of benzene rings is 2. The molecule has 166 valence electrons. The minimum atomic E-state index is -0.103. The fourth-order valence-corrected chi connectivity index (χ4v) is 4.71. The lowest BCUT2D eigenvalue weighted by atomic mass is 9.92. The second kappa shape index (κ2) is 10.2. The van der Waals surface area contributed by atoms with Crippen molar-refractivity contribution < 1.29 is 38.0 Å². The van der Waals surface area contributed by atoms with E-state index in [9.17, 15) is 4.79 Å². The van der Waals surface area contributed by atoms with Gasteiger partial charge in [-0.3, -0.25) is 4.79 Å². The summed E-state index contributed by atoms with van der Waals surface area (Å²) in [5, 5.41) is 3.02. The number of nitrogens with one attached hydrogen (secondary N) is 1. The third-order valence-electron chi connectivity index (χ3n) is 6.53. The molecular formula is C26H33IN2O2. The molecule has 5 heteroatoms. The van der Waals surface area contributed by atoms with Gasteiger partial charge in [-0.25, -0.2) is 0 Å². The van der Waals surface area contributed by atoms with E-state index >= 15 is 0 Å². The number of fused-ring (bicyclic) bond motifs is 1. The summed E-state index contributed by atoms with van der Waals surface area (Å²) in [6, 6.07) is 15.1. The first-order chi connectivity index (χ1) is 14.4. The predicted molar refractivity (Wildman–Crippen MR) is 122 cm³/mol. The first-order valence-electron chi connectivity index (χ1n) is 11.1. The van der Waals surface area contributed by atoms with Crippen molar-refractivity contribution in [2.45, 2.75) is 51.6 Å². The molecule has 2 aromatic rings. The Bertz CT molecular complexity index is 944. The molecule has 0 aromatic heterocycles. The molecule has 31 heavy (non-hydrogen) atoms. The normalized spacial score (nSPS) is 16.4. The number of hydrogen-bond donors (Lipinski definition) is 1. The number of amides is 1. The van der Waals surface area contributed by atoms with Gasteiger partial charge in [0.15, 0.2) is 0 Å². The number of hydrogen-bond acceptors (Lipinski definition) is 2. The SMILES string of the molecule is Cc1ccc2c(c1)C=C(C(=O)Nc1ccc(C[N+](C)(C)C3CCCCC3)cc1)CO2.[I-]. The standard InChI is InChI=1S/C26H32N2O2.HI/c1-19-9-14-25-21(15-19)16-22(18-30-25)26(29)27-23-12-10-20(11-13-23)17-28(2,3)24-7-5-4-6-8-24;/h9-16,24H,4-8,17-18H2,1-3H3;1H. The lowest BCUT2D eigenvalue weighted by Crippen LogP contribution is -3.00. The molecular weight excluding hydrogens is 499 g/mol. The summed E-state index contributed by atoms with van der Waals surface area (Å²) in [5.74, 6) is 0.730. The van der Waals surface area contributed by atoms with Crippen molar-refractivity contribution in [1.82, 2.24) is 0 Å². The van der Waals surface area contributed by atoms with Crippen LogP contribution < -0.4 is 34.0 Å². The van der Waals surface area contributed by atoms with Gasteiger partial charge in [0.05, 0.1) is 25.7 Å². The maximum Gasteiger partial charge on any atom is 0.255 e. The Labute approximate surface area is 203 Å². The van der Waals surface area contributed by atoms with E-state index < -0.39 is 0 Å². The average molecular weight is 532 g/mol. The van der Waals surface area contributed by atoms with E-state index in [1.165, 1.54) is 37.7 Å². The largest absolute Gasteiger partial charge is 1.00 e. The van der Waals surface area contributed by atoms with Crippen LogP contribution in [-0.2, 0) is 11.3 Å². The number of carbonyl (C=O) groups excluding carboxylic acids is 1. The molecule has 1 N–H and O–H groups in total. The van der Waals surface area contributed by atoms with Crippen molar-refractivity contribution in [2.75, 3.05) is 26.0 Å². The maximum atomic E-state index is 12.7. The molecule has 4 nitrogen and oxygen atoms in total. The molecule has 1 aliphatic heterocycles. The van der Waals surface area contributed by atoms with Gasteiger partial charge in [-0.1, -0.05) is 30.2 Å². The van der Waals surface area contributed by atoms with E-state index in [2.05, 4.69) is 31.5 Å². The van der Waals surface area contributed by atoms with E-state index in [4.69, 9.17) is 4.74 Å². The molecule has 1 heterocycles. The molecule has 1 saturated carbocycles. The fourth-order valence-electron chi connectivity index (χ4n) is 4.71. The minimum Gasteiger partial charge on any atom is -1.00 e. The van der Waals surface area contributed by atoms with Crippen LogP contribution in [0.5, 0.6) is 5.75 Å². The lowest BCUT2D eigenvalue weighted by molar-refractivity contribution is -0.929. The Morgan fingerprint density at radius 3 is 2.48 bits per heavy atom. The molecule has 0 spiro atoms. The lowest BCUT2D eigenvalue weighted by Gasteiger charge is -2.40. The zero-order valence-electron chi connectivity index (χ0n) is 18.8. The summed E-state index contributed by atoms with van der Waals surface area (Å²) in [4.78, 5) is 12.7. The molecule has 0 bridgehead atoms. The monoisotopic (exact) mass is 532 g/mol. The summed E-state index contributed by atoms with van der Waals surface area (Å²) >= 11 is 0. The van der Waals surface area contributed by atoms with E-state index in [0.29, 0.717) is 12.2 Å². The molecule has 1 amide bonds. The van der Waals surface area contributed by atoms with Gasteiger partial charge < -0.3 is 38.5 Å². The molecule has 0 saturated heterocycles. The Morgan fingerprint density at radius 1 is 1.06 bits per heavy atom. The average Bonchev–Trinajstić information content (AvgIpc) is 2.75. The molecule has 2 aromatic carbocycles. The molecule has 4 rings (SSSR count). The van der Waals surface area contributed by atoms with Crippen LogP contribution >= 0.6 is 0 Å². The zero-order chi connectivity index (χ0) is 21.1. The zero-order valence-corrected chi connectivity index (χ0v) is 20.9. The number of rotatable bonds is 5. The van der Waals surface area contributed by atoms with Gasteiger partial charge in [-0.05, 0) is 62.9 Å². The highest BCUT2D eigenvalue weighted by atomic mass is 127. The summed E-state index contributed by atoms with van der Waals surface area (Å²) in [5.41, 5.74) is 4.90. The van der Waals surface area contributed by atoms with Gasteiger partial charge in [0.1, 0.15) is 18.9 Å². The number of ether oxygens (including phenoxy) is 1. The summed E-state index contributed by atoms with van der Waals surface area (Å²) in [7, 11) is 4.70. The third-order valence-corrected chi connectivity index (χ3v) is 6.53. The molecule has 1 aliphatic carbocycles. The number of halogens is 1. The first kappa shape index (κ1) is 23.8. The Kier molecular flexibility index (Phi) is 7.81. The highest BCUT2D eigenvalue weighted by molar-refractivity contribution is 6.07. The van der Waals surface area contributed by atoms with Crippen LogP contribution in [0, 0.1) is 6.92 Å². The van der Waals surface area contributed by atoms with Crippen molar-refractivity contribution in [1.29, 1.82) is 0 Å². The van der Waals surface area contributed by atoms with Crippen LogP contribution in [0.1, 0.15) is 48.8 Å². The summed E-state index contributed by atoms with van der Waals surface area (Å²) in [6.45, 7) is 3.36. The molecule has 0 atom stereocenters. The van der Waals surface area contributed by atoms with Crippen LogP contribution in [0.15, 0.2) is 48.0 Å². The topological polar surface area (TPSA) is 38.3 Å². The van der Waals surface area contributed by atoms with E-state index in [1.807, 2.05) is 43.3 Å². The van der Waals surface area contributed by atoms with Gasteiger partial charge in [-0.15, -0.1) is 0 Å². The van der Waals surface area contributed by atoms with Crippen molar-refractivity contribution in [3.63, 3.8) is 0 Å². The smallest absolute Gasteiger partial charge is 0.255 e. The highest BCUT2D eigenvalue weighted by Crippen LogP contribution is 2.29. The van der Waals surface area contributed by atoms with Gasteiger partial charge in [0.2, 0.25) is 0 Å². The quantitative estimate of drug-likeness (QED) is 0.475. The van der Waals surface area contributed by atoms with Gasteiger partial charge in [0.25, 0.3) is 5.91 Å². The van der Waals surface area contributed by atoms with Crippen molar-refractivity contribution in [3.05, 3.63) is 64.7 Å². The van der Waals surface area contributed by atoms with Crippen LogP contribution in [-0.4, -0.2) is 37.1 Å². The maximum absolute atomic E-state index is 12.7. The third kappa shape index (κ3) is 5.89. The number of nitrogens with zero attached hydrogens (tertiary/aromatic N) is 1. The van der Waals surface area contributed by atoms with Crippen LogP contribution in [0.25, 0.3) is 6.08 Å². The number of carbonyl (C=O) groups is 1. The first-order valence-corrected chi connectivity index (χ1v) is 11.1. The number of quaternary nitrogens is 1. The van der Waals surface area contributed by atoms with Gasteiger partial charge in [-0.2, -0.15) is 0 Å². The minimum absolute atomic E-state index is 0. The predicted octanol–water partition coefficient (Wildman–Crippen LogP) is 2.32. The van der Waals surface area contributed by atoms with E-state index in [0.717, 1.165) is 39.6 Å². The Balaban J connectivity index is 0.00000272. The molecule has 2 aliphatic rings. The number of aryl methyl sites for hydroxylation is 1. The van der Waals surface area contributed by atoms with E-state index in [1.54, 1.807) is 0 Å². The second-order valence-corrected chi connectivity index (χ2v) is 9.38. The number of anilines is 1. The van der Waals surface area contributed by atoms with Crippen molar-refractivity contribution >= 4 is 17.7 Å². The Hall–Kier alpha value is -1.86. The molecule has 0 unspecified atom stereocenters. The molecule has 1 fully saturated rings. The summed E-state index contributed by atoms with van der Waals surface area (Å²) < 4.78 is 6.79. The second-order valence-electron chi connectivity index (χ2n) is 9.38. The van der Waals surface area contributed by atoms with Gasteiger partial charge >= 0.3 is 0 Å². The van der Waals surface area contributed by atoms with Crippen molar-refractivity contribution in [2.24, 2.45) is 0 Å². The molecule has 0 radical (unpaired) electrons. The Morgan fingerprint density at radius 2 is 1.77 bits per heavy atom. The van der Waals surface area contributed by atoms with Crippen molar-refractivity contribution in [3.8, 4) is 5.75 Å². The van der Waals surface area contributed by atoms with Crippen LogP contribution in [0.3, 0.4) is 0 Å². The fraction of sp³-hybridized carbons (Fsp3) is 0.423.